The monoisotopic (exact) mass is 468 g/mol. The van der Waals surface area contributed by atoms with Crippen LogP contribution < -0.4 is 10.2 Å². The second kappa shape index (κ2) is 8.78. The normalized spacial score (nSPS) is 26.3. The van der Waals surface area contributed by atoms with Crippen molar-refractivity contribution in [3.05, 3.63) is 29.3 Å². The topological polar surface area (TPSA) is 110 Å². The van der Waals surface area contributed by atoms with Crippen LogP contribution in [-0.4, -0.2) is 83.4 Å². The first kappa shape index (κ1) is 23.0. The molecule has 9 heteroatoms. The summed E-state index contributed by atoms with van der Waals surface area (Å²) >= 11 is 0. The zero-order valence-corrected chi connectivity index (χ0v) is 19.5. The van der Waals surface area contributed by atoms with E-state index >= 15 is 0 Å². The van der Waals surface area contributed by atoms with Crippen LogP contribution in [0.3, 0.4) is 0 Å². The highest BCUT2D eigenvalue weighted by Crippen LogP contribution is 2.45. The second-order valence-corrected chi connectivity index (χ2v) is 10.4. The minimum atomic E-state index is -0.668. The molecule has 1 saturated carbocycles. The minimum Gasteiger partial charge on any atom is -0.388 e. The molecule has 3 unspecified atom stereocenters. The van der Waals surface area contributed by atoms with E-state index in [4.69, 9.17) is 0 Å². The molecule has 0 radical (unpaired) electrons. The van der Waals surface area contributed by atoms with Crippen LogP contribution in [0.2, 0.25) is 0 Å². The van der Waals surface area contributed by atoms with Crippen LogP contribution in [-0.2, 0) is 9.59 Å². The molecular formula is C25H32N4O5. The van der Waals surface area contributed by atoms with Gasteiger partial charge < -0.3 is 10.0 Å². The van der Waals surface area contributed by atoms with Crippen LogP contribution in [0.4, 0.5) is 5.69 Å². The lowest BCUT2D eigenvalue weighted by atomic mass is 9.90. The third-order valence-electron chi connectivity index (χ3n) is 7.98. The number of rotatable bonds is 8. The van der Waals surface area contributed by atoms with Gasteiger partial charge in [-0.3, -0.25) is 34.3 Å². The summed E-state index contributed by atoms with van der Waals surface area (Å²) in [4.78, 5) is 53.7. The minimum absolute atomic E-state index is 0.0496. The number of amides is 4. The van der Waals surface area contributed by atoms with Crippen molar-refractivity contribution < 1.29 is 24.3 Å². The molecule has 2 N–H and O–H groups in total. The lowest BCUT2D eigenvalue weighted by molar-refractivity contribution is -0.125. The standard InChI is InChI=1S/C25H32N4O5/c1-16(2-5-22(31)26-15-30)29-23(32)20-4-3-19(11-21(20)24(29)33)28-8-6-25(34,7-9-28)14-27-12-17-10-18(17)13-27/h3-4,11,15-18,34H,2,5-10,12-14H2,1H3,(H,26,30,31). The van der Waals surface area contributed by atoms with E-state index in [2.05, 4.69) is 15.1 Å². The van der Waals surface area contributed by atoms with Gasteiger partial charge in [-0.05, 0) is 62.6 Å². The van der Waals surface area contributed by atoms with Gasteiger partial charge in [0, 0.05) is 50.9 Å². The number of hydrogen-bond acceptors (Lipinski definition) is 7. The van der Waals surface area contributed by atoms with Gasteiger partial charge in [-0.25, -0.2) is 0 Å². The number of hydrogen-bond donors (Lipinski definition) is 2. The zero-order chi connectivity index (χ0) is 24.0. The molecule has 0 aromatic heterocycles. The Morgan fingerprint density at radius 3 is 2.53 bits per heavy atom. The maximum Gasteiger partial charge on any atom is 0.261 e. The van der Waals surface area contributed by atoms with Crippen LogP contribution in [0.15, 0.2) is 18.2 Å². The van der Waals surface area contributed by atoms with Crippen molar-refractivity contribution in [3.63, 3.8) is 0 Å². The quantitative estimate of drug-likeness (QED) is 0.433. The molecule has 0 bridgehead atoms. The Balaban J connectivity index is 1.20. The lowest BCUT2D eigenvalue weighted by Gasteiger charge is -2.41. The summed E-state index contributed by atoms with van der Waals surface area (Å²) in [6, 6.07) is 4.89. The number of β-amino-alcohol motifs (C(OH)–C–C–N with tert-alkyl or cyclic N) is 1. The first-order valence-corrected chi connectivity index (χ1v) is 12.2. The van der Waals surface area contributed by atoms with Crippen LogP contribution in [0, 0.1) is 11.8 Å². The van der Waals surface area contributed by atoms with Crippen LogP contribution in [0.25, 0.3) is 0 Å². The molecule has 4 amide bonds. The Kier molecular flexibility index (Phi) is 5.93. The van der Waals surface area contributed by atoms with E-state index in [1.54, 1.807) is 19.1 Å². The summed E-state index contributed by atoms with van der Waals surface area (Å²) in [5.74, 6) is 0.558. The van der Waals surface area contributed by atoms with Gasteiger partial charge in [-0.1, -0.05) is 0 Å². The van der Waals surface area contributed by atoms with Gasteiger partial charge in [0.05, 0.1) is 16.7 Å². The van der Waals surface area contributed by atoms with Crippen LogP contribution >= 0.6 is 0 Å². The molecule has 34 heavy (non-hydrogen) atoms. The Labute approximate surface area is 199 Å². The highest BCUT2D eigenvalue weighted by atomic mass is 16.3. The molecule has 1 aliphatic carbocycles. The Hall–Kier alpha value is -2.78. The molecule has 2 saturated heterocycles. The van der Waals surface area contributed by atoms with E-state index in [9.17, 15) is 24.3 Å². The molecule has 3 heterocycles. The molecule has 0 spiro atoms. The molecule has 5 rings (SSSR count). The van der Waals surface area contributed by atoms with Gasteiger partial charge in [0.2, 0.25) is 12.3 Å². The van der Waals surface area contributed by atoms with E-state index < -0.39 is 17.6 Å². The molecule has 1 aromatic rings. The number of carbonyl (C=O) groups excluding carboxylic acids is 4. The lowest BCUT2D eigenvalue weighted by Crippen LogP contribution is -2.51. The van der Waals surface area contributed by atoms with Crippen LogP contribution in [0.1, 0.15) is 59.7 Å². The van der Waals surface area contributed by atoms with Gasteiger partial charge in [0.25, 0.3) is 11.8 Å². The summed E-state index contributed by atoms with van der Waals surface area (Å²) in [5, 5.41) is 13.2. The van der Waals surface area contributed by atoms with E-state index in [1.807, 2.05) is 6.07 Å². The Bertz CT molecular complexity index is 1010. The van der Waals surface area contributed by atoms with E-state index in [-0.39, 0.29) is 24.7 Å². The molecule has 182 valence electrons. The largest absolute Gasteiger partial charge is 0.388 e. The van der Waals surface area contributed by atoms with Crippen LogP contribution in [0.5, 0.6) is 0 Å². The number of likely N-dealkylation sites (tertiary alicyclic amines) is 1. The van der Waals surface area contributed by atoms with Crippen molar-refractivity contribution in [2.75, 3.05) is 37.6 Å². The predicted molar refractivity (Wildman–Crippen MR) is 124 cm³/mol. The fraction of sp³-hybridized carbons (Fsp3) is 0.600. The second-order valence-electron chi connectivity index (χ2n) is 10.4. The summed E-state index contributed by atoms with van der Waals surface area (Å²) in [7, 11) is 0. The fourth-order valence-corrected chi connectivity index (χ4v) is 5.83. The number of piperidine rings is 2. The van der Waals surface area contributed by atoms with E-state index in [0.717, 1.165) is 37.2 Å². The van der Waals surface area contributed by atoms with Gasteiger partial charge >= 0.3 is 0 Å². The molecule has 3 fully saturated rings. The number of benzene rings is 1. The molecule has 1 aromatic carbocycles. The molecule has 9 nitrogen and oxygen atoms in total. The summed E-state index contributed by atoms with van der Waals surface area (Å²) in [5.41, 5.74) is 0.963. The number of nitrogens with zero attached hydrogens (tertiary/aromatic N) is 3. The number of anilines is 1. The SMILES string of the molecule is CC(CCC(=O)NC=O)N1C(=O)c2ccc(N3CCC(O)(CN4CC5CC5C4)CC3)cc2C1=O. The molecular weight excluding hydrogens is 436 g/mol. The highest BCUT2D eigenvalue weighted by molar-refractivity contribution is 6.22. The van der Waals surface area contributed by atoms with Crippen molar-refractivity contribution in [2.24, 2.45) is 11.8 Å². The van der Waals surface area contributed by atoms with Crippen molar-refractivity contribution in [1.82, 2.24) is 15.1 Å². The molecule has 3 atom stereocenters. The molecule has 3 aliphatic heterocycles. The van der Waals surface area contributed by atoms with Crippen molar-refractivity contribution in [2.45, 2.75) is 50.7 Å². The van der Waals surface area contributed by atoms with Gasteiger partial charge in [-0.15, -0.1) is 0 Å². The summed E-state index contributed by atoms with van der Waals surface area (Å²) in [6.45, 7) is 6.10. The van der Waals surface area contributed by atoms with Crippen molar-refractivity contribution in [1.29, 1.82) is 0 Å². The highest BCUT2D eigenvalue weighted by Gasteiger charge is 2.47. The Morgan fingerprint density at radius 1 is 1.18 bits per heavy atom. The first-order chi connectivity index (χ1) is 16.3. The maximum absolute atomic E-state index is 13.1. The fourth-order valence-electron chi connectivity index (χ4n) is 5.83. The van der Waals surface area contributed by atoms with E-state index in [0.29, 0.717) is 43.5 Å². The number of carbonyl (C=O) groups is 4. The van der Waals surface area contributed by atoms with Gasteiger partial charge in [-0.2, -0.15) is 0 Å². The zero-order valence-electron chi connectivity index (χ0n) is 19.5. The summed E-state index contributed by atoms with van der Waals surface area (Å²) < 4.78 is 0. The summed E-state index contributed by atoms with van der Waals surface area (Å²) in [6.07, 6.45) is 3.36. The maximum atomic E-state index is 13.1. The van der Waals surface area contributed by atoms with Gasteiger partial charge in [0.1, 0.15) is 0 Å². The van der Waals surface area contributed by atoms with Crippen molar-refractivity contribution in [3.8, 4) is 0 Å². The number of nitrogens with one attached hydrogen (secondary N) is 1. The predicted octanol–water partition coefficient (Wildman–Crippen LogP) is 1.01. The third kappa shape index (κ3) is 4.34. The number of aliphatic hydroxyl groups is 1. The van der Waals surface area contributed by atoms with Crippen molar-refractivity contribution >= 4 is 29.8 Å². The first-order valence-electron chi connectivity index (χ1n) is 12.2. The molecule has 4 aliphatic rings. The average Bonchev–Trinajstić information content (AvgIpc) is 3.34. The number of imide groups is 2. The van der Waals surface area contributed by atoms with Gasteiger partial charge in [0.15, 0.2) is 0 Å². The third-order valence-corrected chi connectivity index (χ3v) is 7.98. The smallest absolute Gasteiger partial charge is 0.261 e. The average molecular weight is 469 g/mol. The number of fused-ring (bicyclic) bond motifs is 2. The Morgan fingerprint density at radius 2 is 1.85 bits per heavy atom. The van der Waals surface area contributed by atoms with E-state index in [1.165, 1.54) is 11.3 Å².